The predicted octanol–water partition coefficient (Wildman–Crippen LogP) is 1.65. The Labute approximate surface area is 139 Å². The largest absolute Gasteiger partial charge is 0.393 e. The summed E-state index contributed by atoms with van der Waals surface area (Å²) in [5, 5.41) is 13.7. The van der Waals surface area contributed by atoms with Crippen molar-refractivity contribution in [1.82, 2.24) is 25.4 Å². The maximum atomic E-state index is 12.9. The van der Waals surface area contributed by atoms with Crippen molar-refractivity contribution in [3.05, 3.63) is 11.6 Å². The number of halogens is 3. The molecule has 0 saturated carbocycles. The number of aromatic nitrogens is 3. The van der Waals surface area contributed by atoms with Crippen molar-refractivity contribution in [1.29, 1.82) is 0 Å². The molecule has 1 aliphatic rings. The molecular formula is C15H24F3N5O. The number of carbonyl (C=O) groups is 1. The SMILES string of the molecule is CC(C)CNC(=O)[C@@H](C)NCc1nnc2n1C[C@H](C(F)(F)F)CC2. The number of hydrogen-bond acceptors (Lipinski definition) is 4. The molecule has 0 bridgehead atoms. The molecule has 0 radical (unpaired) electrons. The van der Waals surface area contributed by atoms with E-state index in [2.05, 4.69) is 20.8 Å². The third-order valence-electron chi connectivity index (χ3n) is 4.13. The van der Waals surface area contributed by atoms with Gasteiger partial charge in [0.05, 0.1) is 18.5 Å². The first kappa shape index (κ1) is 18.7. The molecule has 2 atom stereocenters. The summed E-state index contributed by atoms with van der Waals surface area (Å²) in [5.74, 6) is -0.155. The lowest BCUT2D eigenvalue weighted by molar-refractivity contribution is -0.182. The standard InChI is InChI=1S/C15H24F3N5O/c1-9(2)6-20-14(24)10(3)19-7-13-22-21-12-5-4-11(8-23(12)13)15(16,17)18/h9-11,19H,4-8H2,1-3H3,(H,20,24)/t10-,11-/m1/s1. The molecule has 0 spiro atoms. The Morgan fingerprint density at radius 1 is 1.33 bits per heavy atom. The van der Waals surface area contributed by atoms with Gasteiger partial charge in [0.1, 0.15) is 11.6 Å². The molecule has 0 aliphatic carbocycles. The van der Waals surface area contributed by atoms with E-state index in [1.54, 1.807) is 6.92 Å². The topological polar surface area (TPSA) is 71.8 Å². The molecule has 1 aromatic heterocycles. The Balaban J connectivity index is 1.93. The zero-order valence-corrected chi connectivity index (χ0v) is 14.2. The molecule has 2 heterocycles. The number of alkyl halides is 3. The Hall–Kier alpha value is -1.64. The van der Waals surface area contributed by atoms with Gasteiger partial charge >= 0.3 is 6.18 Å². The van der Waals surface area contributed by atoms with Crippen LogP contribution in [-0.2, 0) is 24.3 Å². The van der Waals surface area contributed by atoms with Crippen molar-refractivity contribution >= 4 is 5.91 Å². The third-order valence-corrected chi connectivity index (χ3v) is 4.13. The Morgan fingerprint density at radius 3 is 2.67 bits per heavy atom. The van der Waals surface area contributed by atoms with Gasteiger partial charge in [-0.1, -0.05) is 13.8 Å². The second-order valence-corrected chi connectivity index (χ2v) is 6.66. The van der Waals surface area contributed by atoms with E-state index >= 15 is 0 Å². The Bertz CT molecular complexity index is 570. The molecule has 2 N–H and O–H groups in total. The summed E-state index contributed by atoms with van der Waals surface area (Å²) < 4.78 is 40.3. The van der Waals surface area contributed by atoms with Gasteiger partial charge in [-0.25, -0.2) is 0 Å². The van der Waals surface area contributed by atoms with E-state index in [9.17, 15) is 18.0 Å². The number of carbonyl (C=O) groups excluding carboxylic acids is 1. The number of nitrogens with one attached hydrogen (secondary N) is 2. The normalized spacial score (nSPS) is 19.2. The summed E-state index contributed by atoms with van der Waals surface area (Å²) >= 11 is 0. The second kappa shape index (κ2) is 7.50. The number of fused-ring (bicyclic) bond motifs is 1. The van der Waals surface area contributed by atoms with Crippen LogP contribution in [0.3, 0.4) is 0 Å². The maximum absolute atomic E-state index is 12.9. The van der Waals surface area contributed by atoms with Crippen LogP contribution < -0.4 is 10.6 Å². The monoisotopic (exact) mass is 347 g/mol. The summed E-state index contributed by atoms with van der Waals surface area (Å²) in [4.78, 5) is 11.9. The van der Waals surface area contributed by atoms with E-state index < -0.39 is 18.1 Å². The van der Waals surface area contributed by atoms with Crippen molar-refractivity contribution in [2.24, 2.45) is 11.8 Å². The first-order valence-electron chi connectivity index (χ1n) is 8.17. The number of rotatable bonds is 6. The highest BCUT2D eigenvalue weighted by Crippen LogP contribution is 2.34. The number of hydrogen-bond donors (Lipinski definition) is 2. The minimum atomic E-state index is -4.21. The third kappa shape index (κ3) is 4.68. The summed E-state index contributed by atoms with van der Waals surface area (Å²) in [6.45, 7) is 6.33. The minimum absolute atomic E-state index is 0.0447. The molecule has 24 heavy (non-hydrogen) atoms. The lowest BCUT2D eigenvalue weighted by atomic mass is 9.99. The zero-order chi connectivity index (χ0) is 17.9. The van der Waals surface area contributed by atoms with Crippen LogP contribution in [-0.4, -0.2) is 39.4 Å². The van der Waals surface area contributed by atoms with E-state index in [0.717, 1.165) is 0 Å². The van der Waals surface area contributed by atoms with Crippen LogP contribution in [0.25, 0.3) is 0 Å². The first-order chi connectivity index (χ1) is 11.2. The quantitative estimate of drug-likeness (QED) is 0.821. The molecule has 6 nitrogen and oxygen atoms in total. The van der Waals surface area contributed by atoms with Gasteiger partial charge in [0.15, 0.2) is 0 Å². The van der Waals surface area contributed by atoms with Crippen molar-refractivity contribution in [2.75, 3.05) is 6.54 Å². The van der Waals surface area contributed by atoms with Crippen LogP contribution in [0, 0.1) is 11.8 Å². The van der Waals surface area contributed by atoms with Crippen LogP contribution in [0.2, 0.25) is 0 Å². The van der Waals surface area contributed by atoms with Crippen LogP contribution in [0.15, 0.2) is 0 Å². The van der Waals surface area contributed by atoms with E-state index in [4.69, 9.17) is 0 Å². The maximum Gasteiger partial charge on any atom is 0.393 e. The Kier molecular flexibility index (Phi) is 5.84. The van der Waals surface area contributed by atoms with Crippen LogP contribution >= 0.6 is 0 Å². The van der Waals surface area contributed by atoms with Crippen LogP contribution in [0.1, 0.15) is 38.8 Å². The van der Waals surface area contributed by atoms with Gasteiger partial charge in [0.25, 0.3) is 0 Å². The molecule has 0 fully saturated rings. The van der Waals surface area contributed by atoms with Crippen molar-refractivity contribution < 1.29 is 18.0 Å². The van der Waals surface area contributed by atoms with E-state index in [1.807, 2.05) is 13.8 Å². The fraction of sp³-hybridized carbons (Fsp3) is 0.800. The van der Waals surface area contributed by atoms with Crippen molar-refractivity contribution in [3.8, 4) is 0 Å². The molecule has 0 aromatic carbocycles. The van der Waals surface area contributed by atoms with Crippen molar-refractivity contribution in [2.45, 2.75) is 58.9 Å². The van der Waals surface area contributed by atoms with Gasteiger partial charge in [-0.3, -0.25) is 10.1 Å². The number of nitrogens with zero attached hydrogens (tertiary/aromatic N) is 3. The van der Waals surface area contributed by atoms with Gasteiger partial charge in [-0.05, 0) is 19.3 Å². The summed E-state index contributed by atoms with van der Waals surface area (Å²) in [6.07, 6.45) is -3.90. The van der Waals surface area contributed by atoms with Gasteiger partial charge in [-0.2, -0.15) is 13.2 Å². The predicted molar refractivity (Wildman–Crippen MR) is 82.0 cm³/mol. The van der Waals surface area contributed by atoms with Crippen molar-refractivity contribution in [3.63, 3.8) is 0 Å². The van der Waals surface area contributed by atoms with Gasteiger partial charge in [0.2, 0.25) is 5.91 Å². The molecule has 1 amide bonds. The molecule has 0 saturated heterocycles. The summed E-state index contributed by atoms with van der Waals surface area (Å²) in [6, 6.07) is -0.460. The van der Waals surface area contributed by atoms with Gasteiger partial charge < -0.3 is 9.88 Å². The average molecular weight is 347 g/mol. The molecule has 0 unspecified atom stereocenters. The summed E-state index contributed by atoms with van der Waals surface area (Å²) in [5.41, 5.74) is 0. The average Bonchev–Trinajstić information content (AvgIpc) is 2.91. The molecule has 136 valence electrons. The first-order valence-corrected chi connectivity index (χ1v) is 8.17. The number of amides is 1. The lowest BCUT2D eigenvalue weighted by Crippen LogP contribution is -2.43. The van der Waals surface area contributed by atoms with E-state index in [0.29, 0.717) is 24.1 Å². The summed E-state index contributed by atoms with van der Waals surface area (Å²) in [7, 11) is 0. The molecule has 2 rings (SSSR count). The van der Waals surface area contributed by atoms with Crippen LogP contribution in [0.5, 0.6) is 0 Å². The highest BCUT2D eigenvalue weighted by molar-refractivity contribution is 5.81. The Morgan fingerprint density at radius 2 is 2.04 bits per heavy atom. The molecule has 1 aliphatic heterocycles. The molecular weight excluding hydrogens is 323 g/mol. The van der Waals surface area contributed by atoms with E-state index in [-0.39, 0.29) is 31.8 Å². The fourth-order valence-corrected chi connectivity index (χ4v) is 2.58. The minimum Gasteiger partial charge on any atom is -0.354 e. The fourth-order valence-electron chi connectivity index (χ4n) is 2.58. The van der Waals surface area contributed by atoms with Gasteiger partial charge in [-0.15, -0.1) is 10.2 Å². The molecule has 9 heteroatoms. The van der Waals surface area contributed by atoms with Crippen LogP contribution in [0.4, 0.5) is 13.2 Å². The smallest absolute Gasteiger partial charge is 0.354 e. The molecule has 1 aromatic rings. The van der Waals surface area contributed by atoms with Gasteiger partial charge in [0, 0.05) is 19.5 Å². The second-order valence-electron chi connectivity index (χ2n) is 6.66. The highest BCUT2D eigenvalue weighted by Gasteiger charge is 2.42. The highest BCUT2D eigenvalue weighted by atomic mass is 19.4. The number of aryl methyl sites for hydroxylation is 1. The van der Waals surface area contributed by atoms with E-state index in [1.165, 1.54) is 4.57 Å². The lowest BCUT2D eigenvalue weighted by Gasteiger charge is -2.26. The zero-order valence-electron chi connectivity index (χ0n) is 14.2.